The average Bonchev–Trinajstić information content (AvgIpc) is 2.50. The molecule has 0 saturated heterocycles. The maximum absolute atomic E-state index is 10.1. The number of aromatic hydroxyl groups is 1. The third-order valence-corrected chi connectivity index (χ3v) is 4.59. The van der Waals surface area contributed by atoms with E-state index >= 15 is 0 Å². The lowest BCUT2D eigenvalue weighted by molar-refractivity contribution is 0.463. The minimum Gasteiger partial charge on any atom is -0.508 e. The first-order valence-corrected chi connectivity index (χ1v) is 9.47. The summed E-state index contributed by atoms with van der Waals surface area (Å²) in [6.07, 6.45) is 14.6. The number of unbranched alkanes of at least 4 members (excludes halogenated alkanes) is 9. The molecule has 0 atom stereocenters. The van der Waals surface area contributed by atoms with Gasteiger partial charge in [-0.3, -0.25) is 0 Å². The lowest BCUT2D eigenvalue weighted by Gasteiger charge is -2.14. The number of phenolic OH excluding ortho intramolecular Hbond substituents is 1. The van der Waals surface area contributed by atoms with Crippen LogP contribution < -0.4 is 0 Å². The van der Waals surface area contributed by atoms with Crippen LogP contribution in [-0.2, 0) is 6.42 Å². The first-order chi connectivity index (χ1) is 10.7. The van der Waals surface area contributed by atoms with Crippen molar-refractivity contribution in [2.75, 3.05) is 0 Å². The van der Waals surface area contributed by atoms with Crippen LogP contribution in [0.2, 0.25) is 0 Å². The average molecular weight is 305 g/mol. The smallest absolute Gasteiger partial charge is 0.119 e. The molecule has 0 spiro atoms. The molecule has 0 unspecified atom stereocenters. The van der Waals surface area contributed by atoms with Crippen LogP contribution in [0.3, 0.4) is 0 Å². The Bertz CT molecular complexity index is 395. The molecule has 0 fully saturated rings. The molecule has 126 valence electrons. The van der Waals surface area contributed by atoms with Gasteiger partial charge in [-0.25, -0.2) is 0 Å². The molecule has 0 amide bonds. The molecule has 0 heterocycles. The molecular formula is C21H36O. The maximum Gasteiger partial charge on any atom is 0.119 e. The zero-order valence-corrected chi connectivity index (χ0v) is 15.0. The summed E-state index contributed by atoms with van der Waals surface area (Å²) in [7, 11) is 0. The second-order valence-electron chi connectivity index (χ2n) is 6.93. The van der Waals surface area contributed by atoms with E-state index in [-0.39, 0.29) is 0 Å². The van der Waals surface area contributed by atoms with E-state index in [1.54, 1.807) is 0 Å². The Morgan fingerprint density at radius 1 is 0.818 bits per heavy atom. The Hall–Kier alpha value is -0.980. The molecule has 0 radical (unpaired) electrons. The van der Waals surface area contributed by atoms with Crippen LogP contribution in [0.15, 0.2) is 18.2 Å². The Morgan fingerprint density at radius 2 is 1.36 bits per heavy atom. The standard InChI is InChI=1S/C21H36O/c1-4-5-6-7-8-9-10-11-12-13-15-20-19(18(2)3)16-14-17-21(20)22/h14,16-18,22H,4-13,15H2,1-3H3. The summed E-state index contributed by atoms with van der Waals surface area (Å²) in [6.45, 7) is 6.68. The molecule has 0 aliphatic carbocycles. The van der Waals surface area contributed by atoms with Gasteiger partial charge in [0.25, 0.3) is 0 Å². The van der Waals surface area contributed by atoms with E-state index < -0.39 is 0 Å². The second kappa shape index (κ2) is 11.6. The zero-order valence-electron chi connectivity index (χ0n) is 15.0. The van der Waals surface area contributed by atoms with Crippen molar-refractivity contribution >= 4 is 0 Å². The Labute approximate surface area is 138 Å². The SMILES string of the molecule is CCCCCCCCCCCCc1c(O)cccc1C(C)C. The minimum absolute atomic E-state index is 0.488. The summed E-state index contributed by atoms with van der Waals surface area (Å²) in [5, 5.41) is 10.1. The highest BCUT2D eigenvalue weighted by molar-refractivity contribution is 5.40. The normalized spacial score (nSPS) is 11.3. The van der Waals surface area contributed by atoms with Gasteiger partial charge in [-0.2, -0.15) is 0 Å². The molecular weight excluding hydrogens is 268 g/mol. The Kier molecular flexibility index (Phi) is 10.0. The van der Waals surface area contributed by atoms with E-state index in [1.807, 2.05) is 12.1 Å². The summed E-state index contributed by atoms with van der Waals surface area (Å²) < 4.78 is 0. The van der Waals surface area contributed by atoms with Gasteiger partial charge in [0, 0.05) is 0 Å². The predicted octanol–water partition coefficient (Wildman–Crippen LogP) is 6.98. The molecule has 1 aromatic carbocycles. The van der Waals surface area contributed by atoms with E-state index in [2.05, 4.69) is 26.8 Å². The monoisotopic (exact) mass is 304 g/mol. The molecule has 1 rings (SSSR count). The molecule has 1 nitrogen and oxygen atoms in total. The molecule has 0 aliphatic rings. The minimum atomic E-state index is 0.488. The van der Waals surface area contributed by atoms with Crippen molar-refractivity contribution in [2.24, 2.45) is 0 Å². The Balaban J connectivity index is 2.15. The van der Waals surface area contributed by atoms with Gasteiger partial charge in [0.05, 0.1) is 0 Å². The van der Waals surface area contributed by atoms with E-state index in [4.69, 9.17) is 0 Å². The van der Waals surface area contributed by atoms with E-state index in [9.17, 15) is 5.11 Å². The maximum atomic E-state index is 10.1. The van der Waals surface area contributed by atoms with Crippen molar-refractivity contribution < 1.29 is 5.11 Å². The van der Waals surface area contributed by atoms with Crippen LogP contribution in [-0.4, -0.2) is 5.11 Å². The lowest BCUT2D eigenvalue weighted by atomic mass is 9.93. The van der Waals surface area contributed by atoms with Gasteiger partial charge in [-0.1, -0.05) is 90.7 Å². The molecule has 0 aromatic heterocycles. The number of benzene rings is 1. The third kappa shape index (κ3) is 7.33. The van der Waals surface area contributed by atoms with Crippen LogP contribution >= 0.6 is 0 Å². The summed E-state index contributed by atoms with van der Waals surface area (Å²) in [5.74, 6) is 0.979. The summed E-state index contributed by atoms with van der Waals surface area (Å²) >= 11 is 0. The predicted molar refractivity (Wildman–Crippen MR) is 97.7 cm³/mol. The van der Waals surface area contributed by atoms with Crippen LogP contribution in [0.1, 0.15) is 102 Å². The highest BCUT2D eigenvalue weighted by Gasteiger charge is 2.10. The fourth-order valence-corrected chi connectivity index (χ4v) is 3.19. The van der Waals surface area contributed by atoms with Gasteiger partial charge in [-0.05, 0) is 36.0 Å². The fraction of sp³-hybridized carbons (Fsp3) is 0.714. The van der Waals surface area contributed by atoms with Gasteiger partial charge in [0.15, 0.2) is 0 Å². The van der Waals surface area contributed by atoms with Gasteiger partial charge in [0.1, 0.15) is 5.75 Å². The van der Waals surface area contributed by atoms with E-state index in [0.717, 1.165) is 6.42 Å². The number of rotatable bonds is 12. The lowest BCUT2D eigenvalue weighted by Crippen LogP contribution is -1.97. The molecule has 0 aliphatic heterocycles. The number of hydrogen-bond donors (Lipinski definition) is 1. The highest BCUT2D eigenvalue weighted by atomic mass is 16.3. The van der Waals surface area contributed by atoms with Crippen molar-refractivity contribution in [1.29, 1.82) is 0 Å². The van der Waals surface area contributed by atoms with Gasteiger partial charge < -0.3 is 5.11 Å². The van der Waals surface area contributed by atoms with Gasteiger partial charge in [-0.15, -0.1) is 0 Å². The summed E-state index contributed by atoms with van der Waals surface area (Å²) in [6, 6.07) is 5.96. The van der Waals surface area contributed by atoms with Gasteiger partial charge >= 0.3 is 0 Å². The van der Waals surface area contributed by atoms with Crippen LogP contribution in [0.4, 0.5) is 0 Å². The molecule has 22 heavy (non-hydrogen) atoms. The number of phenols is 1. The Morgan fingerprint density at radius 3 is 1.91 bits per heavy atom. The topological polar surface area (TPSA) is 20.2 Å². The van der Waals surface area contributed by atoms with Crippen molar-refractivity contribution in [1.82, 2.24) is 0 Å². The molecule has 1 heteroatoms. The number of hydrogen-bond acceptors (Lipinski definition) is 1. The van der Waals surface area contributed by atoms with Crippen molar-refractivity contribution in [3.8, 4) is 5.75 Å². The largest absolute Gasteiger partial charge is 0.508 e. The summed E-state index contributed by atoms with van der Waals surface area (Å²) in [5.41, 5.74) is 2.49. The highest BCUT2D eigenvalue weighted by Crippen LogP contribution is 2.28. The molecule has 1 N–H and O–H groups in total. The molecule has 0 bridgehead atoms. The van der Waals surface area contributed by atoms with E-state index in [0.29, 0.717) is 11.7 Å². The third-order valence-electron chi connectivity index (χ3n) is 4.59. The van der Waals surface area contributed by atoms with Crippen molar-refractivity contribution in [2.45, 2.75) is 97.3 Å². The fourth-order valence-electron chi connectivity index (χ4n) is 3.19. The quantitative estimate of drug-likeness (QED) is 0.413. The second-order valence-corrected chi connectivity index (χ2v) is 6.93. The van der Waals surface area contributed by atoms with Crippen LogP contribution in [0, 0.1) is 0 Å². The molecule has 1 aromatic rings. The molecule has 0 saturated carbocycles. The zero-order chi connectivity index (χ0) is 16.2. The van der Waals surface area contributed by atoms with Gasteiger partial charge in [0.2, 0.25) is 0 Å². The summed E-state index contributed by atoms with van der Waals surface area (Å²) in [4.78, 5) is 0. The first kappa shape index (κ1) is 19.1. The first-order valence-electron chi connectivity index (χ1n) is 9.47. The van der Waals surface area contributed by atoms with Crippen LogP contribution in [0.25, 0.3) is 0 Å². The van der Waals surface area contributed by atoms with E-state index in [1.165, 1.54) is 75.3 Å². The van der Waals surface area contributed by atoms with Crippen molar-refractivity contribution in [3.63, 3.8) is 0 Å². The van der Waals surface area contributed by atoms with Crippen LogP contribution in [0.5, 0.6) is 5.75 Å². The van der Waals surface area contributed by atoms with Crippen molar-refractivity contribution in [3.05, 3.63) is 29.3 Å².